The molecule has 0 bridgehead atoms. The van der Waals surface area contributed by atoms with Gasteiger partial charge in [0.15, 0.2) is 5.82 Å². The molecule has 0 saturated heterocycles. The smallest absolute Gasteiger partial charge is 0.295 e. The highest BCUT2D eigenvalue weighted by Gasteiger charge is 2.26. The molecular weight excluding hydrogens is 394 g/mol. The maximum absolute atomic E-state index is 12.8. The molecule has 0 spiro atoms. The van der Waals surface area contributed by atoms with E-state index in [2.05, 4.69) is 30.4 Å². The molecule has 4 rings (SSSR count). The highest BCUT2D eigenvalue weighted by Crippen LogP contribution is 2.25. The number of H-pyrrole nitrogens is 1. The second-order valence-corrected chi connectivity index (χ2v) is 7.05. The number of hydrogen-bond acceptors (Lipinski definition) is 6. The molecule has 0 fully saturated rings. The summed E-state index contributed by atoms with van der Waals surface area (Å²) in [7, 11) is 0. The third-order valence-corrected chi connectivity index (χ3v) is 4.55. The first-order valence-corrected chi connectivity index (χ1v) is 9.25. The van der Waals surface area contributed by atoms with Crippen LogP contribution >= 0.6 is 0 Å². The fourth-order valence-corrected chi connectivity index (χ4v) is 2.99. The van der Waals surface area contributed by atoms with E-state index < -0.39 is 24.2 Å². The van der Waals surface area contributed by atoms with Crippen molar-refractivity contribution in [1.82, 2.24) is 30.4 Å². The van der Waals surface area contributed by atoms with Crippen molar-refractivity contribution in [2.75, 3.05) is 0 Å². The van der Waals surface area contributed by atoms with Gasteiger partial charge in [0.1, 0.15) is 6.04 Å². The minimum absolute atomic E-state index is 0.0440. The van der Waals surface area contributed by atoms with Gasteiger partial charge in [-0.05, 0) is 36.2 Å². The van der Waals surface area contributed by atoms with Crippen LogP contribution in [0, 0.1) is 5.92 Å². The van der Waals surface area contributed by atoms with Crippen LogP contribution in [0.1, 0.15) is 48.4 Å². The van der Waals surface area contributed by atoms with Crippen molar-refractivity contribution in [3.63, 3.8) is 0 Å². The summed E-state index contributed by atoms with van der Waals surface area (Å²) in [4.78, 5) is 27.6. The Morgan fingerprint density at radius 2 is 2.03 bits per heavy atom. The number of amides is 1. The molecule has 0 aliphatic heterocycles. The molecule has 1 aromatic carbocycles. The lowest BCUT2D eigenvalue weighted by Gasteiger charge is -2.18. The minimum Gasteiger partial charge on any atom is -0.340 e. The van der Waals surface area contributed by atoms with Gasteiger partial charge in [0.2, 0.25) is 11.7 Å². The first-order chi connectivity index (χ1) is 14.4. The lowest BCUT2D eigenvalue weighted by Crippen LogP contribution is -2.32. The zero-order valence-corrected chi connectivity index (χ0v) is 16.1. The van der Waals surface area contributed by atoms with Crippen LogP contribution in [0.2, 0.25) is 0 Å². The van der Waals surface area contributed by atoms with E-state index in [1.807, 2.05) is 13.8 Å². The molecule has 4 aromatic rings. The van der Waals surface area contributed by atoms with Crippen molar-refractivity contribution >= 4 is 16.9 Å². The van der Waals surface area contributed by atoms with Crippen LogP contribution in [-0.2, 0) is 0 Å². The lowest BCUT2D eigenvalue weighted by atomic mass is 10.0. The number of fused-ring (bicyclic) bond motifs is 1. The van der Waals surface area contributed by atoms with Crippen molar-refractivity contribution in [3.05, 3.63) is 60.0 Å². The lowest BCUT2D eigenvalue weighted by molar-refractivity contribution is 0.0914. The maximum Gasteiger partial charge on any atom is 0.295 e. The second kappa shape index (κ2) is 7.97. The van der Waals surface area contributed by atoms with Crippen LogP contribution in [0.4, 0.5) is 8.78 Å². The molecule has 8 nitrogen and oxygen atoms in total. The van der Waals surface area contributed by atoms with Gasteiger partial charge >= 0.3 is 0 Å². The van der Waals surface area contributed by atoms with E-state index in [0.29, 0.717) is 28.0 Å². The number of rotatable bonds is 6. The van der Waals surface area contributed by atoms with Gasteiger partial charge in [0, 0.05) is 23.5 Å². The molecule has 1 unspecified atom stereocenters. The highest BCUT2D eigenvalue weighted by atomic mass is 19.3. The maximum atomic E-state index is 12.8. The monoisotopic (exact) mass is 412 g/mol. The van der Waals surface area contributed by atoms with Gasteiger partial charge in [-0.1, -0.05) is 19.0 Å². The topological polar surface area (TPSA) is 110 Å². The molecule has 3 aromatic heterocycles. The number of aromatic amines is 1. The number of carbonyl (C=O) groups is 1. The van der Waals surface area contributed by atoms with E-state index >= 15 is 0 Å². The number of alkyl halides is 2. The van der Waals surface area contributed by atoms with E-state index in [9.17, 15) is 13.6 Å². The fraction of sp³-hybridized carbons (Fsp3) is 0.250. The summed E-state index contributed by atoms with van der Waals surface area (Å²) in [5.41, 5.74) is 1.71. The number of aromatic nitrogens is 5. The van der Waals surface area contributed by atoms with E-state index in [1.54, 1.807) is 24.5 Å². The van der Waals surface area contributed by atoms with Gasteiger partial charge in [-0.25, -0.2) is 13.8 Å². The van der Waals surface area contributed by atoms with Crippen LogP contribution in [0.15, 0.2) is 47.2 Å². The molecular formula is C20H18F2N6O2. The van der Waals surface area contributed by atoms with E-state index in [-0.39, 0.29) is 11.8 Å². The predicted molar refractivity (Wildman–Crippen MR) is 104 cm³/mol. The summed E-state index contributed by atoms with van der Waals surface area (Å²) in [6.07, 6.45) is 0.541. The third kappa shape index (κ3) is 3.88. The normalized spacial score (nSPS) is 12.6. The van der Waals surface area contributed by atoms with Crippen molar-refractivity contribution in [3.8, 4) is 11.4 Å². The average Bonchev–Trinajstić information content (AvgIpc) is 3.39. The van der Waals surface area contributed by atoms with Gasteiger partial charge in [-0.2, -0.15) is 4.98 Å². The van der Waals surface area contributed by atoms with Crippen LogP contribution < -0.4 is 5.32 Å². The number of halogens is 2. The number of imidazole rings is 1. The van der Waals surface area contributed by atoms with Gasteiger partial charge in [-0.3, -0.25) is 9.78 Å². The van der Waals surface area contributed by atoms with E-state index in [1.165, 1.54) is 18.2 Å². The van der Waals surface area contributed by atoms with Crippen LogP contribution in [0.25, 0.3) is 22.4 Å². The van der Waals surface area contributed by atoms with Crippen molar-refractivity contribution in [2.24, 2.45) is 5.92 Å². The molecule has 10 heteroatoms. The summed E-state index contributed by atoms with van der Waals surface area (Å²) in [5, 5.41) is 6.84. The molecule has 0 aliphatic rings. The second-order valence-electron chi connectivity index (χ2n) is 7.05. The first-order valence-electron chi connectivity index (χ1n) is 9.25. The Labute approximate surface area is 169 Å². The van der Waals surface area contributed by atoms with Gasteiger partial charge in [0.05, 0.1) is 11.0 Å². The van der Waals surface area contributed by atoms with E-state index in [0.717, 1.165) is 0 Å². The van der Waals surface area contributed by atoms with Crippen molar-refractivity contribution in [1.29, 1.82) is 0 Å². The Morgan fingerprint density at radius 3 is 2.73 bits per heavy atom. The molecule has 154 valence electrons. The van der Waals surface area contributed by atoms with Crippen molar-refractivity contribution in [2.45, 2.75) is 26.3 Å². The summed E-state index contributed by atoms with van der Waals surface area (Å²) in [6.45, 7) is 3.82. The Morgan fingerprint density at radius 1 is 1.20 bits per heavy atom. The molecule has 1 amide bonds. The number of carbonyl (C=O) groups excluding carboxylic acids is 1. The molecule has 30 heavy (non-hydrogen) atoms. The van der Waals surface area contributed by atoms with Crippen molar-refractivity contribution < 1.29 is 18.1 Å². The van der Waals surface area contributed by atoms with Gasteiger partial charge in [-0.15, -0.1) is 0 Å². The molecule has 0 saturated carbocycles. The number of nitrogens with zero attached hydrogens (tertiary/aromatic N) is 4. The number of hydrogen-bond donors (Lipinski definition) is 2. The zero-order valence-electron chi connectivity index (χ0n) is 16.1. The molecule has 3 heterocycles. The largest absolute Gasteiger partial charge is 0.340 e. The summed E-state index contributed by atoms with van der Waals surface area (Å²) < 4.78 is 31.1. The Bertz CT molecular complexity index is 1170. The van der Waals surface area contributed by atoms with E-state index in [4.69, 9.17) is 4.52 Å². The standard InChI is InChI=1S/C20H18F2N6O2/c1-10(2)15(20-27-17(28-30-20)12-4-3-7-23-9-12)26-19(29)11-5-6-13-14(8-11)25-18(24-13)16(21)22/h3-10,15-16H,1-2H3,(H,24,25)(H,26,29). The summed E-state index contributed by atoms with van der Waals surface area (Å²) >= 11 is 0. The summed E-state index contributed by atoms with van der Waals surface area (Å²) in [5.74, 6) is -0.241. The summed E-state index contributed by atoms with van der Waals surface area (Å²) in [6, 6.07) is 7.56. The number of benzene rings is 1. The predicted octanol–water partition coefficient (Wildman–Crippen LogP) is 4.07. The Kier molecular flexibility index (Phi) is 5.21. The minimum atomic E-state index is -2.72. The quantitative estimate of drug-likeness (QED) is 0.494. The first kappa shape index (κ1) is 19.6. The molecule has 0 aliphatic carbocycles. The fourth-order valence-electron chi connectivity index (χ4n) is 2.99. The SMILES string of the molecule is CC(C)C(NC(=O)c1ccc2nc(C(F)F)[nH]c2c1)c1nc(-c2cccnc2)no1. The Balaban J connectivity index is 1.57. The van der Waals surface area contributed by atoms with Gasteiger partial charge < -0.3 is 14.8 Å². The highest BCUT2D eigenvalue weighted by molar-refractivity contribution is 5.97. The van der Waals surface area contributed by atoms with Gasteiger partial charge in [0.25, 0.3) is 12.3 Å². The average molecular weight is 412 g/mol. The van der Waals surface area contributed by atoms with Crippen LogP contribution in [0.5, 0.6) is 0 Å². The molecule has 0 radical (unpaired) electrons. The number of pyridine rings is 1. The Hall–Kier alpha value is -3.69. The third-order valence-electron chi connectivity index (χ3n) is 4.55. The molecule has 1 atom stereocenters. The van der Waals surface area contributed by atoms with Crippen LogP contribution in [-0.4, -0.2) is 31.0 Å². The van der Waals surface area contributed by atoms with Crippen LogP contribution in [0.3, 0.4) is 0 Å². The molecule has 2 N–H and O–H groups in total. The number of nitrogens with one attached hydrogen (secondary N) is 2. The zero-order chi connectivity index (χ0) is 21.3.